The van der Waals surface area contributed by atoms with Gasteiger partial charge in [-0.25, -0.2) is 8.78 Å². The number of aromatic hydroxyl groups is 1. The van der Waals surface area contributed by atoms with Crippen molar-refractivity contribution in [1.82, 2.24) is 0 Å². The first-order chi connectivity index (χ1) is 5.84. The van der Waals surface area contributed by atoms with E-state index in [4.69, 9.17) is 5.11 Å². The number of phenols is 1. The Morgan fingerprint density at radius 1 is 1.08 bits per heavy atom. The molecule has 0 radical (unpaired) electrons. The van der Waals surface area contributed by atoms with E-state index in [-0.39, 0.29) is 6.07 Å². The first-order valence-electron chi connectivity index (χ1n) is 3.08. The second-order valence-corrected chi connectivity index (χ2v) is 2.26. The van der Waals surface area contributed by atoms with Crippen molar-refractivity contribution in [2.75, 3.05) is 0 Å². The summed E-state index contributed by atoms with van der Waals surface area (Å²) in [4.78, 5) is 0. The molecule has 1 aromatic rings. The van der Waals surface area contributed by atoms with Gasteiger partial charge in [0.05, 0.1) is 5.56 Å². The smallest absolute Gasteiger partial charge is 0.419 e. The van der Waals surface area contributed by atoms with Crippen molar-refractivity contribution < 1.29 is 27.1 Å². The van der Waals surface area contributed by atoms with Gasteiger partial charge < -0.3 is 5.11 Å². The lowest BCUT2D eigenvalue weighted by atomic mass is 10.2. The molecule has 72 valence electrons. The van der Waals surface area contributed by atoms with Crippen LogP contribution in [0.4, 0.5) is 22.0 Å². The highest BCUT2D eigenvalue weighted by molar-refractivity contribution is 5.33. The highest BCUT2D eigenvalue weighted by Crippen LogP contribution is 2.35. The first-order valence-corrected chi connectivity index (χ1v) is 3.08. The molecular formula is C7H3F5O. The number of hydrogen-bond acceptors (Lipinski definition) is 1. The molecule has 0 spiro atoms. The van der Waals surface area contributed by atoms with E-state index < -0.39 is 29.1 Å². The van der Waals surface area contributed by atoms with Crippen LogP contribution in [0.2, 0.25) is 0 Å². The van der Waals surface area contributed by atoms with Gasteiger partial charge in [-0.1, -0.05) is 0 Å². The average molecular weight is 198 g/mol. The van der Waals surface area contributed by atoms with Gasteiger partial charge in [0, 0.05) is 0 Å². The molecule has 6 heteroatoms. The van der Waals surface area contributed by atoms with Crippen LogP contribution in [0.5, 0.6) is 5.75 Å². The summed E-state index contributed by atoms with van der Waals surface area (Å²) in [6.07, 6.45) is -4.94. The Kier molecular flexibility index (Phi) is 2.15. The van der Waals surface area contributed by atoms with Crippen molar-refractivity contribution in [3.8, 4) is 5.75 Å². The predicted octanol–water partition coefficient (Wildman–Crippen LogP) is 2.69. The van der Waals surface area contributed by atoms with Crippen LogP contribution in [0.25, 0.3) is 0 Å². The second-order valence-electron chi connectivity index (χ2n) is 2.26. The molecule has 1 aromatic carbocycles. The van der Waals surface area contributed by atoms with Crippen molar-refractivity contribution in [3.05, 3.63) is 29.3 Å². The molecule has 0 aliphatic heterocycles. The highest BCUT2D eigenvalue weighted by atomic mass is 19.4. The fourth-order valence-electron chi connectivity index (χ4n) is 0.760. The van der Waals surface area contributed by atoms with Gasteiger partial charge in [-0.05, 0) is 12.1 Å². The van der Waals surface area contributed by atoms with Crippen LogP contribution in [0.3, 0.4) is 0 Å². The third-order valence-electron chi connectivity index (χ3n) is 1.37. The maximum Gasteiger partial charge on any atom is 0.419 e. The minimum Gasteiger partial charge on any atom is -0.503 e. The standard InChI is InChI=1S/C7H3F5O/c8-4-2-1-3(7(10,11)12)5(9)6(4)13/h1-2,13H. The Labute approximate surface area is 69.4 Å². The zero-order valence-electron chi connectivity index (χ0n) is 5.99. The van der Waals surface area contributed by atoms with Crippen molar-refractivity contribution in [2.24, 2.45) is 0 Å². The summed E-state index contributed by atoms with van der Waals surface area (Å²) >= 11 is 0. The molecule has 1 rings (SSSR count). The van der Waals surface area contributed by atoms with Gasteiger partial charge in [0.15, 0.2) is 17.4 Å². The fourth-order valence-corrected chi connectivity index (χ4v) is 0.760. The van der Waals surface area contributed by atoms with E-state index in [1.807, 2.05) is 0 Å². The highest BCUT2D eigenvalue weighted by Gasteiger charge is 2.35. The van der Waals surface area contributed by atoms with Crippen LogP contribution < -0.4 is 0 Å². The van der Waals surface area contributed by atoms with Gasteiger partial charge in [-0.15, -0.1) is 0 Å². The van der Waals surface area contributed by atoms with Gasteiger partial charge in [-0.2, -0.15) is 13.2 Å². The molecule has 0 atom stereocenters. The lowest BCUT2D eigenvalue weighted by molar-refractivity contribution is -0.140. The first kappa shape index (κ1) is 9.76. The summed E-state index contributed by atoms with van der Waals surface area (Å²) < 4.78 is 60.5. The molecular weight excluding hydrogens is 195 g/mol. The molecule has 0 saturated carbocycles. The maximum atomic E-state index is 12.5. The number of halogens is 5. The number of benzene rings is 1. The zero-order valence-corrected chi connectivity index (χ0v) is 5.99. The molecule has 0 aliphatic carbocycles. The Morgan fingerprint density at radius 2 is 1.62 bits per heavy atom. The lowest BCUT2D eigenvalue weighted by Crippen LogP contribution is -2.08. The largest absolute Gasteiger partial charge is 0.503 e. The molecule has 0 aromatic heterocycles. The Hall–Kier alpha value is -1.33. The molecule has 1 N–H and O–H groups in total. The molecule has 0 bridgehead atoms. The minimum absolute atomic E-state index is 0.227. The third kappa shape index (κ3) is 1.71. The lowest BCUT2D eigenvalue weighted by Gasteiger charge is -2.08. The predicted molar refractivity (Wildman–Crippen MR) is 33.0 cm³/mol. The summed E-state index contributed by atoms with van der Waals surface area (Å²) in [6.45, 7) is 0. The molecule has 0 unspecified atom stereocenters. The van der Waals surface area contributed by atoms with Gasteiger partial charge in [0.25, 0.3) is 0 Å². The topological polar surface area (TPSA) is 20.2 Å². The number of hydrogen-bond donors (Lipinski definition) is 1. The summed E-state index contributed by atoms with van der Waals surface area (Å²) in [5.41, 5.74) is -1.69. The van der Waals surface area contributed by atoms with E-state index in [0.29, 0.717) is 6.07 Å². The quantitative estimate of drug-likeness (QED) is 0.635. The van der Waals surface area contributed by atoms with Crippen LogP contribution in [0, 0.1) is 11.6 Å². The van der Waals surface area contributed by atoms with Crippen molar-refractivity contribution in [1.29, 1.82) is 0 Å². The maximum absolute atomic E-state index is 12.5. The van der Waals surface area contributed by atoms with Crippen molar-refractivity contribution >= 4 is 0 Å². The Balaban J connectivity index is 3.35. The Morgan fingerprint density at radius 3 is 2.08 bits per heavy atom. The van der Waals surface area contributed by atoms with Crippen LogP contribution in [0.1, 0.15) is 5.56 Å². The Bertz CT molecular complexity index is 330. The molecule has 0 saturated heterocycles. The molecule has 0 amide bonds. The van der Waals surface area contributed by atoms with Crippen LogP contribution >= 0.6 is 0 Å². The summed E-state index contributed by atoms with van der Waals surface area (Å²) in [5.74, 6) is -5.03. The fraction of sp³-hybridized carbons (Fsp3) is 0.143. The molecule has 13 heavy (non-hydrogen) atoms. The van der Waals surface area contributed by atoms with E-state index >= 15 is 0 Å². The van der Waals surface area contributed by atoms with Crippen molar-refractivity contribution in [3.63, 3.8) is 0 Å². The second kappa shape index (κ2) is 2.86. The average Bonchev–Trinajstić information content (AvgIpc) is 1.98. The summed E-state index contributed by atoms with van der Waals surface area (Å²) in [6, 6.07) is 0.575. The van der Waals surface area contributed by atoms with Gasteiger partial charge in [0.1, 0.15) is 0 Å². The monoisotopic (exact) mass is 198 g/mol. The van der Waals surface area contributed by atoms with Crippen LogP contribution in [-0.2, 0) is 6.18 Å². The minimum atomic E-state index is -4.94. The van der Waals surface area contributed by atoms with E-state index in [2.05, 4.69) is 0 Å². The molecule has 0 aliphatic rings. The number of phenolic OH excluding ortho intramolecular Hbond substituents is 1. The number of alkyl halides is 3. The summed E-state index contributed by atoms with van der Waals surface area (Å²) in [5, 5.41) is 8.50. The van der Waals surface area contributed by atoms with E-state index in [9.17, 15) is 22.0 Å². The summed E-state index contributed by atoms with van der Waals surface area (Å²) in [7, 11) is 0. The SMILES string of the molecule is Oc1c(F)ccc(C(F)(F)F)c1F. The normalized spacial score (nSPS) is 11.8. The van der Waals surface area contributed by atoms with E-state index in [1.165, 1.54) is 0 Å². The van der Waals surface area contributed by atoms with Crippen molar-refractivity contribution in [2.45, 2.75) is 6.18 Å². The van der Waals surface area contributed by atoms with Crippen LogP contribution in [0.15, 0.2) is 12.1 Å². The van der Waals surface area contributed by atoms with E-state index in [1.54, 1.807) is 0 Å². The molecule has 1 nitrogen and oxygen atoms in total. The number of rotatable bonds is 0. The van der Waals surface area contributed by atoms with E-state index in [0.717, 1.165) is 0 Å². The van der Waals surface area contributed by atoms with Gasteiger partial charge in [-0.3, -0.25) is 0 Å². The van der Waals surface area contributed by atoms with Gasteiger partial charge in [0.2, 0.25) is 0 Å². The molecule has 0 heterocycles. The third-order valence-corrected chi connectivity index (χ3v) is 1.37. The zero-order chi connectivity index (χ0) is 10.2. The molecule has 0 fully saturated rings. The van der Waals surface area contributed by atoms with Crippen LogP contribution in [-0.4, -0.2) is 5.11 Å². The van der Waals surface area contributed by atoms with Gasteiger partial charge >= 0.3 is 6.18 Å².